The molecule has 0 spiro atoms. The van der Waals surface area contributed by atoms with Crippen LogP contribution in [0.2, 0.25) is 0 Å². The van der Waals surface area contributed by atoms with E-state index in [1.54, 1.807) is 31.7 Å². The van der Waals surface area contributed by atoms with Gasteiger partial charge in [0.05, 0.1) is 39.6 Å². The molecule has 2 unspecified atom stereocenters. The third-order valence-electron chi connectivity index (χ3n) is 6.90. The molecule has 0 aromatic heterocycles. The van der Waals surface area contributed by atoms with Crippen LogP contribution in [0.4, 0.5) is 10.5 Å². The Morgan fingerprint density at radius 3 is 2.30 bits per heavy atom. The highest BCUT2D eigenvalue weighted by Crippen LogP contribution is 2.36. The number of rotatable bonds is 14. The number of Topliss-reactive ketones (excluding diaryl/α,β-unsaturated/α-hetero) is 2. The Bertz CT molecular complexity index is 1140. The van der Waals surface area contributed by atoms with Crippen molar-refractivity contribution in [1.82, 2.24) is 5.32 Å². The average Bonchev–Trinajstić information content (AvgIpc) is 3.12. The molecule has 0 bridgehead atoms. The van der Waals surface area contributed by atoms with Gasteiger partial charge in [-0.1, -0.05) is 13.5 Å². The molecule has 1 aromatic carbocycles. The minimum absolute atomic E-state index is 0.0233. The van der Waals surface area contributed by atoms with Crippen molar-refractivity contribution < 1.29 is 42.9 Å². The third kappa shape index (κ3) is 11.4. The van der Waals surface area contributed by atoms with Crippen molar-refractivity contribution in [2.24, 2.45) is 5.92 Å². The van der Waals surface area contributed by atoms with Crippen LogP contribution in [0.25, 0.3) is 0 Å². The Morgan fingerprint density at radius 2 is 1.63 bits per heavy atom. The number of carbonyl (C=O) groups excluding carboxylic acids is 4. The first-order valence-corrected chi connectivity index (χ1v) is 15.0. The largest absolute Gasteiger partial charge is 0.491 e. The van der Waals surface area contributed by atoms with E-state index in [1.165, 1.54) is 0 Å². The van der Waals surface area contributed by atoms with Crippen LogP contribution in [0.3, 0.4) is 0 Å². The summed E-state index contributed by atoms with van der Waals surface area (Å²) < 4.78 is 27.5. The molecule has 1 aromatic rings. The van der Waals surface area contributed by atoms with Gasteiger partial charge in [0.1, 0.15) is 29.8 Å². The average molecular weight is 603 g/mol. The maximum Gasteiger partial charge on any atom is 0.407 e. The molecule has 2 atom stereocenters. The molecule has 1 heterocycles. The van der Waals surface area contributed by atoms with Crippen molar-refractivity contribution in [1.29, 1.82) is 0 Å². The van der Waals surface area contributed by atoms with Crippen molar-refractivity contribution in [2.45, 2.75) is 71.4 Å². The normalized spacial score (nSPS) is 19.5. The van der Waals surface area contributed by atoms with Gasteiger partial charge in [0, 0.05) is 31.5 Å². The van der Waals surface area contributed by atoms with Gasteiger partial charge in [0.25, 0.3) is 0 Å². The summed E-state index contributed by atoms with van der Waals surface area (Å²) in [6.45, 7) is 14.3. The van der Waals surface area contributed by atoms with Crippen LogP contribution in [0.5, 0.6) is 5.75 Å². The van der Waals surface area contributed by atoms with Crippen molar-refractivity contribution >= 4 is 29.3 Å². The quantitative estimate of drug-likeness (QED) is 0.192. The van der Waals surface area contributed by atoms with Gasteiger partial charge >= 0.3 is 6.09 Å². The Balaban J connectivity index is 1.36. The number of benzene rings is 1. The van der Waals surface area contributed by atoms with Gasteiger partial charge in [0.2, 0.25) is 5.91 Å². The van der Waals surface area contributed by atoms with Crippen LogP contribution in [0.15, 0.2) is 30.4 Å². The van der Waals surface area contributed by atoms with Crippen LogP contribution >= 0.6 is 0 Å². The van der Waals surface area contributed by atoms with E-state index in [0.29, 0.717) is 83.5 Å². The van der Waals surface area contributed by atoms with Gasteiger partial charge in [0.15, 0.2) is 5.78 Å². The Morgan fingerprint density at radius 1 is 0.977 bits per heavy atom. The Labute approximate surface area is 254 Å². The molecule has 2 amide bonds. The maximum atomic E-state index is 13.3. The topological polar surface area (TPSA) is 130 Å². The fraction of sp³-hybridized carbons (Fsp3) is 0.625. The lowest BCUT2D eigenvalue weighted by atomic mass is 9.98. The van der Waals surface area contributed by atoms with Crippen LogP contribution in [0.1, 0.15) is 58.9 Å². The summed E-state index contributed by atoms with van der Waals surface area (Å²) in [5.41, 5.74) is 1.36. The number of hydrogen-bond acceptors (Lipinski definition) is 9. The number of hydrogen-bond donors (Lipinski definition) is 1. The molecule has 1 fully saturated rings. The van der Waals surface area contributed by atoms with Crippen LogP contribution < -0.4 is 15.0 Å². The summed E-state index contributed by atoms with van der Waals surface area (Å²) in [5, 5.41) is 2.63. The van der Waals surface area contributed by atoms with E-state index < -0.39 is 17.7 Å². The zero-order valence-electron chi connectivity index (χ0n) is 25.9. The molecule has 1 saturated carbocycles. The molecule has 1 N–H and O–H groups in total. The van der Waals surface area contributed by atoms with E-state index in [2.05, 4.69) is 11.9 Å². The smallest absolute Gasteiger partial charge is 0.407 e. The second-order valence-electron chi connectivity index (χ2n) is 11.9. The molecule has 2 aliphatic rings. The fourth-order valence-corrected chi connectivity index (χ4v) is 4.99. The molecule has 1 aliphatic heterocycles. The second kappa shape index (κ2) is 16.5. The highest BCUT2D eigenvalue weighted by Gasteiger charge is 2.38. The number of nitrogens with zero attached hydrogens (tertiary/aromatic N) is 1. The number of fused-ring (bicyclic) bond motifs is 1. The molecule has 43 heavy (non-hydrogen) atoms. The van der Waals surface area contributed by atoms with Crippen molar-refractivity contribution in [3.63, 3.8) is 0 Å². The van der Waals surface area contributed by atoms with Gasteiger partial charge in [-0.25, -0.2) is 4.79 Å². The molecule has 238 valence electrons. The zero-order valence-corrected chi connectivity index (χ0v) is 25.9. The number of anilines is 1. The van der Waals surface area contributed by atoms with Gasteiger partial charge in [-0.05, 0) is 68.9 Å². The SMILES string of the molecule is C=C1CC(=O)CCC(N2C(=O)CC(C)Cc3cc(OCCOCCOCCOCCNC(=O)OC(C)(C)C)ccc32)C1=O. The molecule has 11 nitrogen and oxygen atoms in total. The zero-order chi connectivity index (χ0) is 31.4. The molecule has 1 aliphatic carbocycles. The summed E-state index contributed by atoms with van der Waals surface area (Å²) in [6.07, 6.45) is 1.12. The van der Waals surface area contributed by atoms with Gasteiger partial charge in [-0.3, -0.25) is 14.4 Å². The standard InChI is InChI=1S/C32H46N2O9/c1-22-18-24-21-26(7-9-27(24)34(29(36)19-22)28-8-6-25(35)20-23(2)30(28)37)42-17-16-41-15-14-40-13-12-39-11-10-33-31(38)43-32(3,4)5/h7,9,21-22,28H,2,6,8,10-20H2,1,3-5H3,(H,33,38). The summed E-state index contributed by atoms with van der Waals surface area (Å²) in [4.78, 5) is 51.6. The van der Waals surface area contributed by atoms with Crippen molar-refractivity contribution in [3.05, 3.63) is 35.9 Å². The number of nitrogens with one attached hydrogen (secondary N) is 1. The van der Waals surface area contributed by atoms with Crippen LogP contribution in [-0.2, 0) is 39.8 Å². The van der Waals surface area contributed by atoms with Crippen molar-refractivity contribution in [2.75, 3.05) is 57.7 Å². The first-order valence-electron chi connectivity index (χ1n) is 15.0. The van der Waals surface area contributed by atoms with Crippen LogP contribution in [-0.4, -0.2) is 88.0 Å². The minimum Gasteiger partial charge on any atom is -0.491 e. The van der Waals surface area contributed by atoms with E-state index in [4.69, 9.17) is 23.7 Å². The highest BCUT2D eigenvalue weighted by atomic mass is 16.6. The molecule has 11 heteroatoms. The molecular weight excluding hydrogens is 556 g/mol. The summed E-state index contributed by atoms with van der Waals surface area (Å²) in [7, 11) is 0. The monoisotopic (exact) mass is 602 g/mol. The summed E-state index contributed by atoms with van der Waals surface area (Å²) in [5.74, 6) is 0.383. The van der Waals surface area contributed by atoms with E-state index in [9.17, 15) is 19.2 Å². The number of alkyl carbamates (subject to hydrolysis) is 1. The minimum atomic E-state index is -0.717. The number of carbonyl (C=O) groups is 4. The number of amides is 2. The molecule has 3 rings (SSSR count). The van der Waals surface area contributed by atoms with Crippen LogP contribution in [0, 0.1) is 5.92 Å². The van der Waals surface area contributed by atoms with Gasteiger partial charge in [-0.2, -0.15) is 0 Å². The first kappa shape index (κ1) is 34.2. The van der Waals surface area contributed by atoms with Crippen molar-refractivity contribution in [3.8, 4) is 5.75 Å². The predicted octanol–water partition coefficient (Wildman–Crippen LogP) is 3.80. The number of ketones is 2. The lowest BCUT2D eigenvalue weighted by molar-refractivity contribution is -0.123. The highest BCUT2D eigenvalue weighted by molar-refractivity contribution is 6.11. The van der Waals surface area contributed by atoms with Gasteiger partial charge < -0.3 is 33.9 Å². The Hall–Kier alpha value is -3.28. The number of ether oxygens (including phenoxy) is 5. The molecule has 0 saturated heterocycles. The van der Waals surface area contributed by atoms with E-state index in [-0.39, 0.29) is 41.8 Å². The molecule has 0 radical (unpaired) electrons. The van der Waals surface area contributed by atoms with E-state index >= 15 is 0 Å². The van der Waals surface area contributed by atoms with E-state index in [1.807, 2.05) is 19.1 Å². The summed E-state index contributed by atoms with van der Waals surface area (Å²) >= 11 is 0. The molecular formula is C32H46N2O9. The third-order valence-corrected chi connectivity index (χ3v) is 6.90. The predicted molar refractivity (Wildman–Crippen MR) is 160 cm³/mol. The summed E-state index contributed by atoms with van der Waals surface area (Å²) in [6, 6.07) is 4.83. The maximum absolute atomic E-state index is 13.3. The first-order chi connectivity index (χ1) is 20.4. The van der Waals surface area contributed by atoms with Gasteiger partial charge in [-0.15, -0.1) is 0 Å². The second-order valence-corrected chi connectivity index (χ2v) is 11.9. The van der Waals surface area contributed by atoms with E-state index in [0.717, 1.165) is 5.56 Å². The lowest BCUT2D eigenvalue weighted by Crippen LogP contribution is -2.45. The Kier molecular flexibility index (Phi) is 13.2. The lowest BCUT2D eigenvalue weighted by Gasteiger charge is -2.30. The fourth-order valence-electron chi connectivity index (χ4n) is 4.99.